The number of nitrogens with one attached hydrogen (secondary N) is 1. The molecule has 0 aliphatic heterocycles. The highest BCUT2D eigenvalue weighted by Gasteiger charge is 2.16. The fourth-order valence-corrected chi connectivity index (χ4v) is 3.03. The number of aryl methyl sites for hydroxylation is 1. The Morgan fingerprint density at radius 2 is 1.76 bits per heavy atom. The van der Waals surface area contributed by atoms with Crippen LogP contribution in [0.5, 0.6) is 0 Å². The molecule has 3 aromatic rings. The second-order valence-corrected chi connectivity index (χ2v) is 6.08. The third kappa shape index (κ3) is 3.47. The van der Waals surface area contributed by atoms with E-state index < -0.39 is 0 Å². The van der Waals surface area contributed by atoms with E-state index in [1.165, 1.54) is 0 Å². The standard InChI is InChI=1S/C19H22N4O2/c1-3-12-22-16-6-4-5-7-17(16)23(19(22)25)13-18(24)21-14(2)15-8-10-20-11-9-15/h4-11,14H,3,12-13H2,1-2H3,(H,21,24)/t14-/m0/s1. The summed E-state index contributed by atoms with van der Waals surface area (Å²) in [6, 6.07) is 11.2. The van der Waals surface area contributed by atoms with Gasteiger partial charge in [-0.1, -0.05) is 19.1 Å². The van der Waals surface area contributed by atoms with Gasteiger partial charge < -0.3 is 5.32 Å². The van der Waals surface area contributed by atoms with Gasteiger partial charge in [-0.15, -0.1) is 0 Å². The number of nitrogens with zero attached hydrogens (tertiary/aromatic N) is 3. The van der Waals surface area contributed by atoms with Gasteiger partial charge in [0.15, 0.2) is 0 Å². The van der Waals surface area contributed by atoms with E-state index in [4.69, 9.17) is 0 Å². The van der Waals surface area contributed by atoms with Crippen molar-refractivity contribution in [2.75, 3.05) is 0 Å². The molecule has 6 heteroatoms. The third-order valence-corrected chi connectivity index (χ3v) is 4.26. The van der Waals surface area contributed by atoms with Gasteiger partial charge in [-0.05, 0) is 43.2 Å². The predicted molar refractivity (Wildman–Crippen MR) is 97.3 cm³/mol. The summed E-state index contributed by atoms with van der Waals surface area (Å²) in [6.45, 7) is 4.59. The zero-order chi connectivity index (χ0) is 17.8. The molecule has 0 saturated carbocycles. The molecule has 6 nitrogen and oxygen atoms in total. The molecule has 25 heavy (non-hydrogen) atoms. The lowest BCUT2D eigenvalue weighted by Gasteiger charge is -2.14. The van der Waals surface area contributed by atoms with Crippen molar-refractivity contribution in [3.63, 3.8) is 0 Å². The van der Waals surface area contributed by atoms with Gasteiger partial charge in [0.05, 0.1) is 17.1 Å². The van der Waals surface area contributed by atoms with Crippen LogP contribution in [0.1, 0.15) is 31.9 Å². The number of benzene rings is 1. The molecule has 1 N–H and O–H groups in total. The third-order valence-electron chi connectivity index (χ3n) is 4.26. The van der Waals surface area contributed by atoms with E-state index in [0.29, 0.717) is 6.54 Å². The van der Waals surface area contributed by atoms with E-state index in [-0.39, 0.29) is 24.2 Å². The molecule has 0 spiro atoms. The van der Waals surface area contributed by atoms with E-state index in [9.17, 15) is 9.59 Å². The first-order valence-electron chi connectivity index (χ1n) is 8.49. The zero-order valence-electron chi connectivity index (χ0n) is 14.5. The Balaban J connectivity index is 1.84. The average molecular weight is 338 g/mol. The van der Waals surface area contributed by atoms with Crippen molar-refractivity contribution >= 4 is 16.9 Å². The topological polar surface area (TPSA) is 68.9 Å². The molecule has 0 radical (unpaired) electrons. The van der Waals surface area contributed by atoms with Gasteiger partial charge in [0.1, 0.15) is 6.54 Å². The van der Waals surface area contributed by atoms with Crippen molar-refractivity contribution in [2.45, 2.75) is 39.4 Å². The minimum absolute atomic E-state index is 0.00544. The van der Waals surface area contributed by atoms with Crippen LogP contribution in [0.2, 0.25) is 0 Å². The van der Waals surface area contributed by atoms with Crippen molar-refractivity contribution in [3.8, 4) is 0 Å². The Morgan fingerprint density at radius 1 is 1.12 bits per heavy atom. The van der Waals surface area contributed by atoms with E-state index in [2.05, 4.69) is 10.3 Å². The van der Waals surface area contributed by atoms with Gasteiger partial charge in [-0.3, -0.25) is 18.9 Å². The molecule has 0 bridgehead atoms. The highest BCUT2D eigenvalue weighted by atomic mass is 16.2. The summed E-state index contributed by atoms with van der Waals surface area (Å²) < 4.78 is 3.27. The number of hydrogen-bond acceptors (Lipinski definition) is 3. The van der Waals surface area contributed by atoms with Crippen LogP contribution in [0, 0.1) is 0 Å². The van der Waals surface area contributed by atoms with E-state index in [0.717, 1.165) is 23.0 Å². The number of rotatable bonds is 6. The molecule has 1 atom stereocenters. The SMILES string of the molecule is CCCn1c(=O)n(CC(=O)N[C@@H](C)c2ccncc2)c2ccccc21. The van der Waals surface area contributed by atoms with E-state index >= 15 is 0 Å². The first kappa shape index (κ1) is 17.0. The molecule has 0 unspecified atom stereocenters. The van der Waals surface area contributed by atoms with Crippen LogP contribution in [0.25, 0.3) is 11.0 Å². The van der Waals surface area contributed by atoms with E-state index in [1.807, 2.05) is 50.2 Å². The van der Waals surface area contributed by atoms with Crippen LogP contribution >= 0.6 is 0 Å². The summed E-state index contributed by atoms with van der Waals surface area (Å²) in [6.07, 6.45) is 4.25. The summed E-state index contributed by atoms with van der Waals surface area (Å²) in [5.74, 6) is -0.189. The summed E-state index contributed by atoms with van der Waals surface area (Å²) in [5, 5.41) is 2.94. The van der Waals surface area contributed by atoms with Crippen LogP contribution in [-0.2, 0) is 17.9 Å². The van der Waals surface area contributed by atoms with Gasteiger partial charge in [-0.2, -0.15) is 0 Å². The Labute approximate surface area is 146 Å². The quantitative estimate of drug-likeness (QED) is 0.751. The minimum atomic E-state index is -0.189. The molecule has 0 saturated heterocycles. The second kappa shape index (κ2) is 7.34. The fraction of sp³-hybridized carbons (Fsp3) is 0.316. The number of para-hydroxylation sites is 2. The largest absolute Gasteiger partial charge is 0.348 e. The zero-order valence-corrected chi connectivity index (χ0v) is 14.5. The molecule has 0 aliphatic carbocycles. The fourth-order valence-electron chi connectivity index (χ4n) is 3.03. The number of amides is 1. The lowest BCUT2D eigenvalue weighted by atomic mass is 10.1. The molecule has 2 aromatic heterocycles. The molecule has 0 fully saturated rings. The molecule has 0 aliphatic rings. The van der Waals surface area contributed by atoms with Gasteiger partial charge in [0, 0.05) is 18.9 Å². The van der Waals surface area contributed by atoms with Crippen LogP contribution in [0.3, 0.4) is 0 Å². The van der Waals surface area contributed by atoms with Gasteiger partial charge >= 0.3 is 5.69 Å². The Kier molecular flexibility index (Phi) is 4.97. The van der Waals surface area contributed by atoms with E-state index in [1.54, 1.807) is 21.5 Å². The predicted octanol–water partition coefficient (Wildman–Crippen LogP) is 2.49. The molecular formula is C19H22N4O2. The number of hydrogen-bond donors (Lipinski definition) is 1. The lowest BCUT2D eigenvalue weighted by molar-refractivity contribution is -0.122. The van der Waals surface area contributed by atoms with Crippen molar-refractivity contribution in [1.29, 1.82) is 0 Å². The van der Waals surface area contributed by atoms with Gasteiger partial charge in [0.25, 0.3) is 0 Å². The minimum Gasteiger partial charge on any atom is -0.348 e. The highest BCUT2D eigenvalue weighted by Crippen LogP contribution is 2.14. The maximum absolute atomic E-state index is 12.7. The summed E-state index contributed by atoms with van der Waals surface area (Å²) >= 11 is 0. The number of fused-ring (bicyclic) bond motifs is 1. The molecule has 3 rings (SSSR count). The summed E-state index contributed by atoms with van der Waals surface area (Å²) in [7, 11) is 0. The Morgan fingerprint density at radius 3 is 2.40 bits per heavy atom. The number of aromatic nitrogens is 3. The molecule has 130 valence electrons. The number of imidazole rings is 1. The molecule has 1 amide bonds. The number of carbonyl (C=O) groups is 1. The Hall–Kier alpha value is -2.89. The highest BCUT2D eigenvalue weighted by molar-refractivity contribution is 5.81. The van der Waals surface area contributed by atoms with Gasteiger partial charge in [0.2, 0.25) is 5.91 Å². The maximum Gasteiger partial charge on any atom is 0.329 e. The molecule has 2 heterocycles. The lowest BCUT2D eigenvalue weighted by Crippen LogP contribution is -2.34. The van der Waals surface area contributed by atoms with Crippen molar-refractivity contribution < 1.29 is 4.79 Å². The summed E-state index contributed by atoms with van der Waals surface area (Å²) in [4.78, 5) is 29.2. The number of pyridine rings is 1. The monoisotopic (exact) mass is 338 g/mol. The second-order valence-electron chi connectivity index (χ2n) is 6.08. The summed E-state index contributed by atoms with van der Waals surface area (Å²) in [5.41, 5.74) is 2.48. The van der Waals surface area contributed by atoms with Crippen LogP contribution in [0.4, 0.5) is 0 Å². The molecular weight excluding hydrogens is 316 g/mol. The normalized spacial score (nSPS) is 12.2. The van der Waals surface area contributed by atoms with Crippen molar-refractivity contribution in [3.05, 3.63) is 64.8 Å². The first-order chi connectivity index (χ1) is 12.1. The van der Waals surface area contributed by atoms with Crippen LogP contribution < -0.4 is 11.0 Å². The van der Waals surface area contributed by atoms with Crippen LogP contribution in [-0.4, -0.2) is 20.0 Å². The Bertz CT molecular complexity index is 927. The van der Waals surface area contributed by atoms with Crippen molar-refractivity contribution in [2.24, 2.45) is 0 Å². The first-order valence-corrected chi connectivity index (χ1v) is 8.49. The molecule has 1 aromatic carbocycles. The smallest absolute Gasteiger partial charge is 0.329 e. The average Bonchev–Trinajstić information content (AvgIpc) is 2.89. The maximum atomic E-state index is 12.7. The van der Waals surface area contributed by atoms with Gasteiger partial charge in [-0.25, -0.2) is 4.79 Å². The van der Waals surface area contributed by atoms with Crippen molar-refractivity contribution in [1.82, 2.24) is 19.4 Å². The van der Waals surface area contributed by atoms with Crippen LogP contribution in [0.15, 0.2) is 53.6 Å². The number of carbonyl (C=O) groups excluding carboxylic acids is 1.